The quantitative estimate of drug-likeness (QED) is 0.699. The van der Waals surface area contributed by atoms with Gasteiger partial charge >= 0.3 is 0 Å². The van der Waals surface area contributed by atoms with Gasteiger partial charge in [-0.25, -0.2) is 13.1 Å². The molecule has 0 atom stereocenters. The summed E-state index contributed by atoms with van der Waals surface area (Å²) in [7, 11) is -3.64. The molecule has 0 bridgehead atoms. The van der Waals surface area contributed by atoms with Crippen LogP contribution in [0.15, 0.2) is 29.2 Å². The van der Waals surface area contributed by atoms with Crippen LogP contribution in [-0.4, -0.2) is 38.9 Å². The summed E-state index contributed by atoms with van der Waals surface area (Å²) in [5.74, 6) is -0.0951. The molecule has 1 N–H and O–H groups in total. The van der Waals surface area contributed by atoms with Crippen molar-refractivity contribution in [3.05, 3.63) is 29.8 Å². The van der Waals surface area contributed by atoms with E-state index < -0.39 is 10.0 Å². The number of benzene rings is 1. The lowest BCUT2D eigenvalue weighted by molar-refractivity contribution is 0.0762. The second-order valence-corrected chi connectivity index (χ2v) is 6.84. The summed E-state index contributed by atoms with van der Waals surface area (Å²) in [5.41, 5.74) is 0.471. The Balaban J connectivity index is 2.83. The summed E-state index contributed by atoms with van der Waals surface area (Å²) in [5, 5.41) is 8.44. The molecule has 1 aromatic carbocycles. The number of unbranched alkanes of at least 4 members (excludes halogenated alkanes) is 1. The number of hydrogen-bond acceptors (Lipinski definition) is 4. The van der Waals surface area contributed by atoms with Crippen molar-refractivity contribution in [1.82, 2.24) is 9.62 Å². The third kappa shape index (κ3) is 5.66. The van der Waals surface area contributed by atoms with E-state index in [2.05, 4.69) is 11.6 Å². The average Bonchev–Trinajstić information content (AvgIpc) is 2.55. The molecule has 1 aromatic rings. The van der Waals surface area contributed by atoms with Crippen LogP contribution in [0.2, 0.25) is 0 Å². The van der Waals surface area contributed by atoms with Crippen LogP contribution >= 0.6 is 0 Å². The minimum absolute atomic E-state index is 0.0696. The van der Waals surface area contributed by atoms with E-state index >= 15 is 0 Å². The Hall–Kier alpha value is -1.91. The lowest BCUT2D eigenvalue weighted by atomic mass is 10.2. The Morgan fingerprint density at radius 3 is 2.43 bits per heavy atom. The van der Waals surface area contributed by atoms with E-state index in [0.29, 0.717) is 18.7 Å². The third-order valence-corrected chi connectivity index (χ3v) is 4.87. The molecule has 0 spiro atoms. The van der Waals surface area contributed by atoms with Gasteiger partial charge in [0, 0.05) is 31.6 Å². The van der Waals surface area contributed by atoms with Crippen molar-refractivity contribution < 1.29 is 13.2 Å². The third-order valence-electron chi connectivity index (χ3n) is 3.39. The molecule has 0 fully saturated rings. The maximum absolute atomic E-state index is 12.4. The van der Waals surface area contributed by atoms with Crippen LogP contribution in [0.5, 0.6) is 0 Å². The fraction of sp³-hybridized carbons (Fsp3) is 0.500. The largest absolute Gasteiger partial charge is 0.339 e. The molecule has 0 aromatic heterocycles. The lowest BCUT2D eigenvalue weighted by Gasteiger charge is -2.20. The van der Waals surface area contributed by atoms with Gasteiger partial charge in [-0.2, -0.15) is 5.26 Å². The number of amides is 1. The zero-order valence-corrected chi connectivity index (χ0v) is 14.4. The molecule has 1 rings (SSSR count). The molecule has 0 aliphatic carbocycles. The van der Waals surface area contributed by atoms with E-state index in [1.54, 1.807) is 4.90 Å². The Morgan fingerprint density at radius 2 is 1.91 bits per heavy atom. The zero-order valence-electron chi connectivity index (χ0n) is 13.6. The van der Waals surface area contributed by atoms with Gasteiger partial charge in [0.05, 0.1) is 11.0 Å². The van der Waals surface area contributed by atoms with Crippen molar-refractivity contribution in [2.24, 2.45) is 0 Å². The van der Waals surface area contributed by atoms with Crippen molar-refractivity contribution >= 4 is 15.9 Å². The highest BCUT2D eigenvalue weighted by Gasteiger charge is 2.17. The highest BCUT2D eigenvalue weighted by Crippen LogP contribution is 2.13. The summed E-state index contributed by atoms with van der Waals surface area (Å²) in [6.45, 7) is 5.37. The van der Waals surface area contributed by atoms with Crippen LogP contribution in [0.1, 0.15) is 43.5 Å². The molecule has 0 saturated heterocycles. The maximum atomic E-state index is 12.4. The van der Waals surface area contributed by atoms with Gasteiger partial charge in [0.1, 0.15) is 0 Å². The molecule has 7 heteroatoms. The minimum Gasteiger partial charge on any atom is -0.339 e. The first kappa shape index (κ1) is 19.1. The van der Waals surface area contributed by atoms with E-state index in [1.165, 1.54) is 24.3 Å². The first-order valence-electron chi connectivity index (χ1n) is 7.72. The molecule has 0 unspecified atom stereocenters. The summed E-state index contributed by atoms with van der Waals surface area (Å²) in [4.78, 5) is 14.2. The van der Waals surface area contributed by atoms with Crippen LogP contribution in [0.4, 0.5) is 0 Å². The second-order valence-electron chi connectivity index (χ2n) is 5.07. The van der Waals surface area contributed by atoms with Crippen LogP contribution < -0.4 is 4.72 Å². The Labute approximate surface area is 138 Å². The number of nitrogens with one attached hydrogen (secondary N) is 1. The molecule has 0 heterocycles. The molecular weight excluding hydrogens is 314 g/mol. The van der Waals surface area contributed by atoms with Gasteiger partial charge in [0.25, 0.3) is 5.91 Å². The number of nitriles is 1. The minimum atomic E-state index is -3.64. The smallest absolute Gasteiger partial charge is 0.253 e. The Morgan fingerprint density at radius 1 is 1.26 bits per heavy atom. The highest BCUT2D eigenvalue weighted by molar-refractivity contribution is 7.89. The van der Waals surface area contributed by atoms with Gasteiger partial charge in [-0.15, -0.1) is 0 Å². The van der Waals surface area contributed by atoms with E-state index in [1.807, 2.05) is 13.0 Å². The molecule has 23 heavy (non-hydrogen) atoms. The summed E-state index contributed by atoms with van der Waals surface area (Å²) < 4.78 is 26.3. The number of nitrogens with zero attached hydrogens (tertiary/aromatic N) is 2. The fourth-order valence-corrected chi connectivity index (χ4v) is 3.07. The number of carbonyl (C=O) groups excluding carboxylic acids is 1. The SMILES string of the molecule is CCCCN(CC)C(=O)c1ccc(S(=O)(=O)NCCC#N)cc1. The van der Waals surface area contributed by atoms with E-state index in [0.717, 1.165) is 12.8 Å². The number of hydrogen-bond donors (Lipinski definition) is 1. The molecule has 126 valence electrons. The topological polar surface area (TPSA) is 90.3 Å². The van der Waals surface area contributed by atoms with E-state index in [9.17, 15) is 13.2 Å². The predicted molar refractivity (Wildman–Crippen MR) is 88.3 cm³/mol. The highest BCUT2D eigenvalue weighted by atomic mass is 32.2. The first-order valence-corrected chi connectivity index (χ1v) is 9.20. The summed E-state index contributed by atoms with van der Waals surface area (Å²) in [6.07, 6.45) is 2.06. The lowest BCUT2D eigenvalue weighted by Crippen LogP contribution is -2.31. The van der Waals surface area contributed by atoms with Crippen LogP contribution in [0, 0.1) is 11.3 Å². The Kier molecular flexibility index (Phi) is 7.72. The molecule has 6 nitrogen and oxygen atoms in total. The van der Waals surface area contributed by atoms with Crippen LogP contribution in [0.3, 0.4) is 0 Å². The number of sulfonamides is 1. The second kappa shape index (κ2) is 9.28. The van der Waals surface area contributed by atoms with Crippen LogP contribution in [-0.2, 0) is 10.0 Å². The van der Waals surface area contributed by atoms with Crippen molar-refractivity contribution in [1.29, 1.82) is 5.26 Å². The van der Waals surface area contributed by atoms with Gasteiger partial charge in [-0.05, 0) is 37.6 Å². The van der Waals surface area contributed by atoms with Crippen molar-refractivity contribution in [2.45, 2.75) is 38.0 Å². The van der Waals surface area contributed by atoms with Gasteiger partial charge in [0.2, 0.25) is 10.0 Å². The van der Waals surface area contributed by atoms with Gasteiger partial charge < -0.3 is 4.90 Å². The summed E-state index contributed by atoms with van der Waals surface area (Å²) in [6, 6.07) is 7.75. The molecule has 0 aliphatic heterocycles. The average molecular weight is 337 g/mol. The molecule has 0 radical (unpaired) electrons. The predicted octanol–water partition coefficient (Wildman–Crippen LogP) is 2.14. The van der Waals surface area contributed by atoms with Gasteiger partial charge in [0.15, 0.2) is 0 Å². The monoisotopic (exact) mass is 337 g/mol. The van der Waals surface area contributed by atoms with Crippen molar-refractivity contribution in [3.8, 4) is 6.07 Å². The standard InChI is InChI=1S/C16H23N3O3S/c1-3-5-13-19(4-2)16(20)14-7-9-15(10-8-14)23(21,22)18-12-6-11-17/h7-10,18H,3-6,12-13H2,1-2H3. The van der Waals surface area contributed by atoms with Crippen molar-refractivity contribution in [3.63, 3.8) is 0 Å². The molecule has 0 aliphatic rings. The number of carbonyl (C=O) groups is 1. The van der Waals surface area contributed by atoms with E-state index in [4.69, 9.17) is 5.26 Å². The maximum Gasteiger partial charge on any atom is 0.253 e. The zero-order chi connectivity index (χ0) is 17.3. The van der Waals surface area contributed by atoms with Crippen LogP contribution in [0.25, 0.3) is 0 Å². The Bertz CT molecular complexity index is 648. The first-order chi connectivity index (χ1) is 11.0. The normalized spacial score (nSPS) is 11.0. The van der Waals surface area contributed by atoms with Gasteiger partial charge in [-0.1, -0.05) is 13.3 Å². The summed E-state index contributed by atoms with van der Waals surface area (Å²) >= 11 is 0. The van der Waals surface area contributed by atoms with Gasteiger partial charge in [-0.3, -0.25) is 4.79 Å². The molecule has 1 amide bonds. The number of rotatable bonds is 9. The molecular formula is C16H23N3O3S. The fourth-order valence-electron chi connectivity index (χ4n) is 2.04. The van der Waals surface area contributed by atoms with Crippen molar-refractivity contribution in [2.75, 3.05) is 19.6 Å². The van der Waals surface area contributed by atoms with E-state index in [-0.39, 0.29) is 23.8 Å². The molecule has 0 saturated carbocycles.